The number of halogens is 2. The molecule has 11 heteroatoms. The summed E-state index contributed by atoms with van der Waals surface area (Å²) < 4.78 is 13.2. The van der Waals surface area contributed by atoms with E-state index in [2.05, 4.69) is 10.3 Å². The summed E-state index contributed by atoms with van der Waals surface area (Å²) in [5.41, 5.74) is 3.92. The molecule has 0 aliphatic rings. The SMILES string of the molecule is Cc1c(COc2cc(O)c(C=O)cc2Cl)cccc1-n1nnc(COc2cc(O)c(C=O)cc2Cl)c1C. The number of ether oxygens (including phenoxy) is 2. The highest BCUT2D eigenvalue weighted by Gasteiger charge is 2.16. The Labute approximate surface area is 221 Å². The summed E-state index contributed by atoms with van der Waals surface area (Å²) >= 11 is 12.3. The summed E-state index contributed by atoms with van der Waals surface area (Å²) in [6, 6.07) is 10.9. The predicted molar refractivity (Wildman–Crippen MR) is 137 cm³/mol. The van der Waals surface area contributed by atoms with E-state index in [0.29, 0.717) is 18.3 Å². The van der Waals surface area contributed by atoms with E-state index in [1.165, 1.54) is 24.3 Å². The minimum atomic E-state index is -0.236. The summed E-state index contributed by atoms with van der Waals surface area (Å²) in [5, 5.41) is 28.7. The molecule has 0 radical (unpaired) electrons. The van der Waals surface area contributed by atoms with Crippen molar-refractivity contribution in [3.63, 3.8) is 0 Å². The predicted octanol–water partition coefficient (Wildman–Crippen LogP) is 5.39. The van der Waals surface area contributed by atoms with Crippen LogP contribution >= 0.6 is 23.2 Å². The van der Waals surface area contributed by atoms with E-state index in [0.717, 1.165) is 22.5 Å². The molecule has 2 N–H and O–H groups in total. The van der Waals surface area contributed by atoms with Gasteiger partial charge in [-0.2, -0.15) is 0 Å². The van der Waals surface area contributed by atoms with Gasteiger partial charge < -0.3 is 19.7 Å². The zero-order valence-corrected chi connectivity index (χ0v) is 21.2. The molecule has 0 saturated carbocycles. The minimum Gasteiger partial charge on any atom is -0.507 e. The number of aldehydes is 2. The fourth-order valence-corrected chi connectivity index (χ4v) is 4.06. The van der Waals surface area contributed by atoms with Crippen molar-refractivity contribution in [3.05, 3.63) is 86.2 Å². The fraction of sp³-hybridized carbons (Fsp3) is 0.154. The van der Waals surface area contributed by atoms with Gasteiger partial charge in [-0.1, -0.05) is 40.5 Å². The first-order valence-electron chi connectivity index (χ1n) is 10.9. The zero-order valence-electron chi connectivity index (χ0n) is 19.7. The summed E-state index contributed by atoms with van der Waals surface area (Å²) in [7, 11) is 0. The Morgan fingerprint density at radius 2 is 1.46 bits per heavy atom. The highest BCUT2D eigenvalue weighted by atomic mass is 35.5. The molecule has 0 spiro atoms. The van der Waals surface area contributed by atoms with Crippen LogP contribution in [0.2, 0.25) is 10.0 Å². The largest absolute Gasteiger partial charge is 0.507 e. The number of nitrogens with zero attached hydrogens (tertiary/aromatic N) is 3. The molecule has 4 rings (SSSR count). The quantitative estimate of drug-likeness (QED) is 0.270. The van der Waals surface area contributed by atoms with Crippen molar-refractivity contribution >= 4 is 35.8 Å². The summed E-state index contributed by atoms with van der Waals surface area (Å²) in [5.74, 6) is 0.00129. The van der Waals surface area contributed by atoms with E-state index in [1.54, 1.807) is 4.68 Å². The molecule has 0 amide bonds. The number of hydrogen-bond donors (Lipinski definition) is 2. The van der Waals surface area contributed by atoms with Crippen molar-refractivity contribution in [2.24, 2.45) is 0 Å². The summed E-state index contributed by atoms with van der Waals surface area (Å²) in [6.45, 7) is 3.94. The first-order chi connectivity index (χ1) is 17.7. The smallest absolute Gasteiger partial charge is 0.153 e. The Morgan fingerprint density at radius 1 is 0.892 bits per heavy atom. The lowest BCUT2D eigenvalue weighted by molar-refractivity contribution is 0.111. The average molecular weight is 542 g/mol. The van der Waals surface area contributed by atoms with Crippen LogP contribution < -0.4 is 9.47 Å². The van der Waals surface area contributed by atoms with Crippen LogP contribution in [0, 0.1) is 13.8 Å². The van der Waals surface area contributed by atoms with Gasteiger partial charge in [0.15, 0.2) is 12.6 Å². The summed E-state index contributed by atoms with van der Waals surface area (Å²) in [6.07, 6.45) is 1.02. The van der Waals surface area contributed by atoms with Crippen LogP contribution in [-0.4, -0.2) is 37.8 Å². The number of benzene rings is 3. The van der Waals surface area contributed by atoms with Gasteiger partial charge in [0.05, 0.1) is 32.6 Å². The van der Waals surface area contributed by atoms with Crippen molar-refractivity contribution in [2.45, 2.75) is 27.1 Å². The second-order valence-corrected chi connectivity index (χ2v) is 8.90. The number of hydrogen-bond acceptors (Lipinski definition) is 8. The van der Waals surface area contributed by atoms with Crippen LogP contribution in [0.15, 0.2) is 42.5 Å². The number of aromatic hydroxyl groups is 2. The fourth-order valence-electron chi connectivity index (χ4n) is 3.61. The molecular weight excluding hydrogens is 521 g/mol. The Kier molecular flexibility index (Phi) is 7.66. The Bertz CT molecular complexity index is 1500. The van der Waals surface area contributed by atoms with Gasteiger partial charge in [0.25, 0.3) is 0 Å². The molecule has 0 fully saturated rings. The first-order valence-corrected chi connectivity index (χ1v) is 11.7. The number of phenolic OH excluding ortho intramolecular Hbond substituents is 2. The van der Waals surface area contributed by atoms with Gasteiger partial charge in [0.2, 0.25) is 0 Å². The maximum atomic E-state index is 11.0. The molecular formula is C26H21Cl2N3O6. The third-order valence-corrected chi connectivity index (χ3v) is 6.39. The van der Waals surface area contributed by atoms with Crippen LogP contribution in [0.5, 0.6) is 23.0 Å². The van der Waals surface area contributed by atoms with E-state index in [1.807, 2.05) is 32.0 Å². The summed E-state index contributed by atoms with van der Waals surface area (Å²) in [4.78, 5) is 21.9. The average Bonchev–Trinajstić information content (AvgIpc) is 3.24. The van der Waals surface area contributed by atoms with Gasteiger partial charge in [-0.15, -0.1) is 5.10 Å². The molecule has 1 aromatic heterocycles. The Morgan fingerprint density at radius 3 is 2.03 bits per heavy atom. The van der Waals surface area contributed by atoms with Gasteiger partial charge in [-0.25, -0.2) is 4.68 Å². The molecule has 3 aromatic carbocycles. The number of carbonyl (C=O) groups is 2. The first kappa shape index (κ1) is 26.0. The second kappa shape index (κ2) is 10.9. The zero-order chi connectivity index (χ0) is 26.7. The van der Waals surface area contributed by atoms with Crippen LogP contribution in [0.25, 0.3) is 5.69 Å². The Balaban J connectivity index is 1.52. The van der Waals surface area contributed by atoms with Crippen LogP contribution in [0.4, 0.5) is 0 Å². The molecule has 190 valence electrons. The third-order valence-electron chi connectivity index (χ3n) is 5.80. The third kappa shape index (κ3) is 5.37. The van der Waals surface area contributed by atoms with Crippen molar-refractivity contribution in [2.75, 3.05) is 0 Å². The number of aromatic nitrogens is 3. The van der Waals surface area contributed by atoms with Crippen LogP contribution in [-0.2, 0) is 13.2 Å². The maximum absolute atomic E-state index is 11.0. The molecule has 0 aliphatic carbocycles. The molecule has 4 aromatic rings. The molecule has 0 atom stereocenters. The van der Waals surface area contributed by atoms with Crippen molar-refractivity contribution < 1.29 is 29.3 Å². The van der Waals surface area contributed by atoms with Crippen molar-refractivity contribution in [1.82, 2.24) is 15.0 Å². The van der Waals surface area contributed by atoms with Gasteiger partial charge in [0, 0.05) is 12.1 Å². The normalized spacial score (nSPS) is 10.8. The lowest BCUT2D eigenvalue weighted by Gasteiger charge is -2.14. The topological polar surface area (TPSA) is 124 Å². The van der Waals surface area contributed by atoms with Crippen molar-refractivity contribution in [1.29, 1.82) is 0 Å². The Hall–Kier alpha value is -4.08. The maximum Gasteiger partial charge on any atom is 0.153 e. The van der Waals surface area contributed by atoms with Gasteiger partial charge in [-0.3, -0.25) is 9.59 Å². The highest BCUT2D eigenvalue weighted by Crippen LogP contribution is 2.33. The van der Waals surface area contributed by atoms with E-state index < -0.39 is 0 Å². The van der Waals surface area contributed by atoms with Gasteiger partial charge in [0.1, 0.15) is 41.9 Å². The molecule has 0 aliphatic heterocycles. The lowest BCUT2D eigenvalue weighted by atomic mass is 10.1. The minimum absolute atomic E-state index is 0.0338. The monoisotopic (exact) mass is 541 g/mol. The van der Waals surface area contributed by atoms with E-state index in [4.69, 9.17) is 32.7 Å². The van der Waals surface area contributed by atoms with Gasteiger partial charge in [-0.05, 0) is 43.2 Å². The van der Waals surface area contributed by atoms with E-state index in [-0.39, 0.29) is 57.4 Å². The second-order valence-electron chi connectivity index (χ2n) is 8.09. The highest BCUT2D eigenvalue weighted by molar-refractivity contribution is 6.32. The van der Waals surface area contributed by atoms with Crippen LogP contribution in [0.1, 0.15) is 43.2 Å². The molecule has 0 bridgehead atoms. The van der Waals surface area contributed by atoms with Gasteiger partial charge >= 0.3 is 0 Å². The molecule has 1 heterocycles. The van der Waals surface area contributed by atoms with E-state index in [9.17, 15) is 19.8 Å². The molecule has 37 heavy (non-hydrogen) atoms. The lowest BCUT2D eigenvalue weighted by Crippen LogP contribution is -2.06. The number of rotatable bonds is 9. The standard InChI is InChI=1S/C26H21Cl2N3O6/c1-14-16(12-36-25-8-23(34)17(10-32)6-19(25)27)4-3-5-22(14)31-15(2)21(29-30-31)13-37-26-9-24(35)18(11-33)7-20(26)28/h3-11,34-35H,12-13H2,1-2H3. The molecule has 0 unspecified atom stereocenters. The number of carbonyl (C=O) groups excluding carboxylic acids is 2. The van der Waals surface area contributed by atoms with Crippen LogP contribution in [0.3, 0.4) is 0 Å². The molecule has 9 nitrogen and oxygen atoms in total. The van der Waals surface area contributed by atoms with E-state index >= 15 is 0 Å². The number of phenols is 2. The molecule has 0 saturated heterocycles. The van der Waals surface area contributed by atoms with Crippen molar-refractivity contribution in [3.8, 4) is 28.7 Å².